The van der Waals surface area contributed by atoms with Crippen molar-refractivity contribution in [2.75, 3.05) is 5.32 Å². The molecule has 1 amide bonds. The summed E-state index contributed by atoms with van der Waals surface area (Å²) in [6, 6.07) is 11.4. The van der Waals surface area contributed by atoms with E-state index < -0.39 is 15.8 Å². The number of nitro benzene ring substituents is 2. The van der Waals surface area contributed by atoms with Crippen LogP contribution in [0.1, 0.15) is 16.1 Å². The van der Waals surface area contributed by atoms with Gasteiger partial charge in [-0.1, -0.05) is 17.7 Å². The van der Waals surface area contributed by atoms with Gasteiger partial charge in [0.25, 0.3) is 17.3 Å². The molecule has 0 saturated carbocycles. The minimum Gasteiger partial charge on any atom is -0.451 e. The van der Waals surface area contributed by atoms with Crippen LogP contribution in [0.2, 0.25) is 5.02 Å². The third-order valence-electron chi connectivity index (χ3n) is 4.01. The molecule has 0 spiro atoms. The lowest BCUT2D eigenvalue weighted by Crippen LogP contribution is -2.12. The number of carbonyl (C=O) groups is 1. The van der Waals surface area contributed by atoms with Crippen molar-refractivity contribution in [3.63, 3.8) is 0 Å². The Morgan fingerprint density at radius 2 is 1.75 bits per heavy atom. The van der Waals surface area contributed by atoms with Crippen molar-refractivity contribution in [1.29, 1.82) is 0 Å². The first-order valence-corrected chi connectivity index (χ1v) is 8.25. The Labute approximate surface area is 162 Å². The summed E-state index contributed by atoms with van der Waals surface area (Å²) in [7, 11) is 0. The molecule has 0 bridgehead atoms. The normalized spacial score (nSPS) is 10.5. The number of hydrogen-bond acceptors (Lipinski definition) is 6. The number of nitrogens with one attached hydrogen (secondary N) is 1. The van der Waals surface area contributed by atoms with E-state index in [9.17, 15) is 25.0 Å². The molecule has 0 radical (unpaired) electrons. The van der Waals surface area contributed by atoms with Crippen LogP contribution in [0.5, 0.6) is 0 Å². The van der Waals surface area contributed by atoms with Crippen LogP contribution in [0, 0.1) is 27.2 Å². The van der Waals surface area contributed by atoms with Crippen molar-refractivity contribution < 1.29 is 19.1 Å². The second-order valence-electron chi connectivity index (χ2n) is 5.75. The summed E-state index contributed by atoms with van der Waals surface area (Å²) in [4.78, 5) is 33.3. The minimum atomic E-state index is -0.618. The molecule has 0 fully saturated rings. The lowest BCUT2D eigenvalue weighted by atomic mass is 10.1. The zero-order valence-electron chi connectivity index (χ0n) is 14.3. The molecule has 0 aliphatic rings. The van der Waals surface area contributed by atoms with Gasteiger partial charge >= 0.3 is 0 Å². The summed E-state index contributed by atoms with van der Waals surface area (Å²) in [6.45, 7) is 1.52. The highest BCUT2D eigenvalue weighted by molar-refractivity contribution is 6.32. The second kappa shape index (κ2) is 7.49. The molecule has 2 aromatic carbocycles. The van der Waals surface area contributed by atoms with Crippen molar-refractivity contribution in [3.8, 4) is 11.3 Å². The average molecular weight is 402 g/mol. The first-order chi connectivity index (χ1) is 13.3. The van der Waals surface area contributed by atoms with E-state index in [0.717, 1.165) is 0 Å². The molecule has 0 saturated heterocycles. The molecule has 1 heterocycles. The lowest BCUT2D eigenvalue weighted by Gasteiger charge is -2.07. The molecule has 1 N–H and O–H groups in total. The van der Waals surface area contributed by atoms with Crippen molar-refractivity contribution in [2.45, 2.75) is 6.92 Å². The number of rotatable bonds is 5. The van der Waals surface area contributed by atoms with Gasteiger partial charge in [-0.2, -0.15) is 0 Å². The maximum Gasteiger partial charge on any atom is 0.291 e. The molecule has 28 heavy (non-hydrogen) atoms. The van der Waals surface area contributed by atoms with Crippen molar-refractivity contribution in [2.24, 2.45) is 0 Å². The molecule has 0 aliphatic heterocycles. The number of benzene rings is 2. The predicted octanol–water partition coefficient (Wildman–Crippen LogP) is 4.98. The van der Waals surface area contributed by atoms with Crippen LogP contribution < -0.4 is 5.32 Å². The van der Waals surface area contributed by atoms with Crippen LogP contribution in [0.4, 0.5) is 17.1 Å². The Kier molecular flexibility index (Phi) is 5.10. The number of nitrogens with zero attached hydrogens (tertiary/aromatic N) is 2. The summed E-state index contributed by atoms with van der Waals surface area (Å²) in [5.74, 6) is -0.433. The van der Waals surface area contributed by atoms with Gasteiger partial charge in [0.05, 0.1) is 21.1 Å². The number of anilines is 1. The summed E-state index contributed by atoms with van der Waals surface area (Å²) in [6.07, 6.45) is 0. The van der Waals surface area contributed by atoms with Gasteiger partial charge in [-0.15, -0.1) is 0 Å². The zero-order valence-corrected chi connectivity index (χ0v) is 15.1. The van der Waals surface area contributed by atoms with Crippen molar-refractivity contribution >= 4 is 34.6 Å². The highest BCUT2D eigenvalue weighted by atomic mass is 35.5. The van der Waals surface area contributed by atoms with Gasteiger partial charge < -0.3 is 9.73 Å². The van der Waals surface area contributed by atoms with E-state index in [2.05, 4.69) is 5.32 Å². The Bertz CT molecular complexity index is 1110. The Morgan fingerprint density at radius 1 is 1.04 bits per heavy atom. The number of nitro groups is 2. The standard InChI is InChI=1S/C18H12ClN3O6/c1-10-13(3-2-4-14(10)21(24)25)20-18(23)17-8-7-16(28-17)11-5-6-12(19)15(9-11)22(26)27/h2-9H,1H3,(H,20,23). The first-order valence-electron chi connectivity index (χ1n) is 7.87. The largest absolute Gasteiger partial charge is 0.451 e. The second-order valence-corrected chi connectivity index (χ2v) is 6.16. The number of hydrogen-bond donors (Lipinski definition) is 1. The van der Waals surface area contributed by atoms with Crippen LogP contribution in [0.3, 0.4) is 0 Å². The Hall–Kier alpha value is -3.72. The van der Waals surface area contributed by atoms with E-state index in [4.69, 9.17) is 16.0 Å². The van der Waals surface area contributed by atoms with Crippen LogP contribution in [-0.4, -0.2) is 15.8 Å². The number of halogens is 1. The molecule has 0 atom stereocenters. The maximum atomic E-state index is 12.4. The molecule has 10 heteroatoms. The van der Waals surface area contributed by atoms with Crippen LogP contribution in [-0.2, 0) is 0 Å². The quantitative estimate of drug-likeness (QED) is 0.474. The summed E-state index contributed by atoms with van der Waals surface area (Å²) in [5.41, 5.74) is 0.558. The first kappa shape index (κ1) is 19.1. The van der Waals surface area contributed by atoms with Crippen LogP contribution in [0.25, 0.3) is 11.3 Å². The molecule has 142 valence electrons. The van der Waals surface area contributed by atoms with Gasteiger partial charge in [0, 0.05) is 17.7 Å². The fraction of sp³-hybridized carbons (Fsp3) is 0.0556. The highest BCUT2D eigenvalue weighted by Gasteiger charge is 2.19. The van der Waals surface area contributed by atoms with Gasteiger partial charge in [0.15, 0.2) is 5.76 Å². The van der Waals surface area contributed by atoms with Gasteiger partial charge in [0.2, 0.25) is 0 Å². The SMILES string of the molecule is Cc1c(NC(=O)c2ccc(-c3ccc(Cl)c([N+](=O)[O-])c3)o2)cccc1[N+](=O)[O-]. The monoisotopic (exact) mass is 401 g/mol. The van der Waals surface area contributed by atoms with Gasteiger partial charge in [-0.3, -0.25) is 25.0 Å². The highest BCUT2D eigenvalue weighted by Crippen LogP contribution is 2.31. The van der Waals surface area contributed by atoms with Crippen molar-refractivity contribution in [3.05, 3.63) is 85.1 Å². The van der Waals surface area contributed by atoms with Gasteiger partial charge in [0.1, 0.15) is 10.8 Å². The Morgan fingerprint density at radius 3 is 2.43 bits per heavy atom. The fourth-order valence-electron chi connectivity index (χ4n) is 2.56. The lowest BCUT2D eigenvalue weighted by molar-refractivity contribution is -0.385. The zero-order chi connectivity index (χ0) is 20.4. The molecular weight excluding hydrogens is 390 g/mol. The maximum absolute atomic E-state index is 12.4. The fourth-order valence-corrected chi connectivity index (χ4v) is 2.75. The number of amides is 1. The van der Waals surface area contributed by atoms with E-state index in [-0.39, 0.29) is 33.6 Å². The van der Waals surface area contributed by atoms with E-state index in [0.29, 0.717) is 11.1 Å². The van der Waals surface area contributed by atoms with Crippen molar-refractivity contribution in [1.82, 2.24) is 0 Å². The summed E-state index contributed by atoms with van der Waals surface area (Å²) >= 11 is 5.79. The summed E-state index contributed by atoms with van der Waals surface area (Å²) in [5, 5.41) is 24.6. The average Bonchev–Trinajstić information content (AvgIpc) is 3.13. The van der Waals surface area contributed by atoms with Crippen LogP contribution >= 0.6 is 11.6 Å². The molecule has 0 aliphatic carbocycles. The predicted molar refractivity (Wildman–Crippen MR) is 102 cm³/mol. The number of furan rings is 1. The molecule has 3 aromatic rings. The van der Waals surface area contributed by atoms with Gasteiger partial charge in [-0.05, 0) is 37.3 Å². The summed E-state index contributed by atoms with van der Waals surface area (Å²) < 4.78 is 5.48. The molecule has 1 aromatic heterocycles. The van der Waals surface area contributed by atoms with Gasteiger partial charge in [-0.25, -0.2) is 0 Å². The Balaban J connectivity index is 1.86. The molecule has 9 nitrogen and oxygen atoms in total. The van der Waals surface area contributed by atoms with E-state index in [1.54, 1.807) is 0 Å². The molecule has 3 rings (SSSR count). The van der Waals surface area contributed by atoms with E-state index in [1.807, 2.05) is 0 Å². The topological polar surface area (TPSA) is 129 Å². The molecular formula is C18H12ClN3O6. The third kappa shape index (κ3) is 3.69. The molecule has 0 unspecified atom stereocenters. The van der Waals surface area contributed by atoms with E-state index in [1.165, 1.54) is 55.5 Å². The smallest absolute Gasteiger partial charge is 0.291 e. The van der Waals surface area contributed by atoms with E-state index >= 15 is 0 Å². The van der Waals surface area contributed by atoms with Crippen LogP contribution in [0.15, 0.2) is 52.9 Å². The minimum absolute atomic E-state index is 0.0144. The third-order valence-corrected chi connectivity index (χ3v) is 4.33. The number of carbonyl (C=O) groups excluding carboxylic acids is 1.